The molecule has 1 heterocycles. The van der Waals surface area contributed by atoms with Crippen LogP contribution < -0.4 is 20.1 Å². The van der Waals surface area contributed by atoms with Gasteiger partial charge < -0.3 is 24.8 Å². The molecule has 1 aliphatic heterocycles. The van der Waals surface area contributed by atoms with Crippen molar-refractivity contribution in [1.29, 1.82) is 0 Å². The number of esters is 1. The topological polar surface area (TPSA) is 68.8 Å². The van der Waals surface area contributed by atoms with Crippen LogP contribution in [0.5, 0.6) is 11.5 Å². The summed E-state index contributed by atoms with van der Waals surface area (Å²) in [6, 6.07) is 5.39. The second kappa shape index (κ2) is 9.96. The van der Waals surface area contributed by atoms with Gasteiger partial charge in [-0.25, -0.2) is 4.79 Å². The first kappa shape index (κ1) is 21.4. The third-order valence-corrected chi connectivity index (χ3v) is 5.49. The SMILES string of the molecule is CCCC1=C(C(=O)OCC)[C@@H](c2ccc(OC3CCCC3)c(OC)c2)NC(=S)N1. The molecular formula is C22H30N2O4S. The van der Waals surface area contributed by atoms with Gasteiger partial charge in [-0.15, -0.1) is 0 Å². The molecule has 1 aliphatic carbocycles. The van der Waals surface area contributed by atoms with E-state index in [1.807, 2.05) is 18.2 Å². The first-order valence-corrected chi connectivity index (χ1v) is 10.8. The highest BCUT2D eigenvalue weighted by atomic mass is 32.1. The minimum atomic E-state index is -0.404. The van der Waals surface area contributed by atoms with E-state index in [1.165, 1.54) is 12.8 Å². The summed E-state index contributed by atoms with van der Waals surface area (Å²) in [5, 5.41) is 6.85. The number of nitrogens with one attached hydrogen (secondary N) is 2. The first-order valence-electron chi connectivity index (χ1n) is 10.4. The predicted molar refractivity (Wildman–Crippen MR) is 116 cm³/mol. The van der Waals surface area contributed by atoms with Gasteiger partial charge in [0.15, 0.2) is 16.6 Å². The number of allylic oxidation sites excluding steroid dienone is 1. The Morgan fingerprint density at radius 1 is 1.21 bits per heavy atom. The van der Waals surface area contributed by atoms with Gasteiger partial charge in [-0.3, -0.25) is 0 Å². The number of hydrogen-bond acceptors (Lipinski definition) is 5. The van der Waals surface area contributed by atoms with Crippen LogP contribution in [0.1, 0.15) is 64.0 Å². The summed E-state index contributed by atoms with van der Waals surface area (Å²) >= 11 is 5.40. The molecule has 0 saturated heterocycles. The highest BCUT2D eigenvalue weighted by Gasteiger charge is 2.32. The van der Waals surface area contributed by atoms with Crippen molar-refractivity contribution in [1.82, 2.24) is 10.6 Å². The van der Waals surface area contributed by atoms with E-state index in [9.17, 15) is 4.79 Å². The number of ether oxygens (including phenoxy) is 3. The van der Waals surface area contributed by atoms with Crippen molar-refractivity contribution in [3.8, 4) is 11.5 Å². The van der Waals surface area contributed by atoms with Crippen molar-refractivity contribution in [2.24, 2.45) is 0 Å². The molecule has 1 aromatic carbocycles. The fourth-order valence-electron chi connectivity index (χ4n) is 3.91. The lowest BCUT2D eigenvalue weighted by Gasteiger charge is -2.31. The maximum Gasteiger partial charge on any atom is 0.338 e. The normalized spacial score (nSPS) is 19.6. The molecule has 1 atom stereocenters. The van der Waals surface area contributed by atoms with Crippen molar-refractivity contribution in [2.75, 3.05) is 13.7 Å². The monoisotopic (exact) mass is 418 g/mol. The molecule has 3 rings (SSSR count). The maximum absolute atomic E-state index is 12.8. The van der Waals surface area contributed by atoms with Crippen LogP contribution in [0.4, 0.5) is 0 Å². The smallest absolute Gasteiger partial charge is 0.338 e. The Morgan fingerprint density at radius 3 is 2.62 bits per heavy atom. The molecule has 0 bridgehead atoms. The van der Waals surface area contributed by atoms with Crippen LogP contribution in [0.15, 0.2) is 29.5 Å². The zero-order valence-electron chi connectivity index (χ0n) is 17.4. The molecule has 0 aromatic heterocycles. The number of benzene rings is 1. The molecule has 1 aromatic rings. The summed E-state index contributed by atoms with van der Waals surface area (Å²) in [4.78, 5) is 12.8. The van der Waals surface area contributed by atoms with E-state index in [-0.39, 0.29) is 12.1 Å². The van der Waals surface area contributed by atoms with E-state index >= 15 is 0 Å². The van der Waals surface area contributed by atoms with Crippen LogP contribution in [-0.2, 0) is 9.53 Å². The summed E-state index contributed by atoms with van der Waals surface area (Å²) in [7, 11) is 1.63. The van der Waals surface area contributed by atoms with Crippen molar-refractivity contribution in [3.05, 3.63) is 35.0 Å². The van der Waals surface area contributed by atoms with Crippen molar-refractivity contribution >= 4 is 23.3 Å². The van der Waals surface area contributed by atoms with E-state index in [0.29, 0.717) is 29.5 Å². The summed E-state index contributed by atoms with van der Waals surface area (Å²) < 4.78 is 17.1. The van der Waals surface area contributed by atoms with Gasteiger partial charge in [-0.05, 0) is 68.9 Å². The maximum atomic E-state index is 12.8. The molecule has 1 fully saturated rings. The van der Waals surface area contributed by atoms with Gasteiger partial charge in [-0.2, -0.15) is 0 Å². The Hall–Kier alpha value is -2.28. The second-order valence-corrected chi connectivity index (χ2v) is 7.74. The number of hydrogen-bond donors (Lipinski definition) is 2. The molecule has 158 valence electrons. The van der Waals surface area contributed by atoms with Gasteiger partial charge in [0, 0.05) is 5.70 Å². The molecule has 0 spiro atoms. The predicted octanol–water partition coefficient (Wildman–Crippen LogP) is 4.15. The van der Waals surface area contributed by atoms with Crippen LogP contribution >= 0.6 is 12.2 Å². The average Bonchev–Trinajstić information content (AvgIpc) is 3.21. The molecule has 29 heavy (non-hydrogen) atoms. The third-order valence-electron chi connectivity index (χ3n) is 5.27. The molecule has 1 saturated carbocycles. The van der Waals surface area contributed by atoms with Gasteiger partial charge in [0.25, 0.3) is 0 Å². The van der Waals surface area contributed by atoms with Gasteiger partial charge >= 0.3 is 5.97 Å². The average molecular weight is 419 g/mol. The molecule has 7 heteroatoms. The number of carbonyl (C=O) groups excluding carboxylic acids is 1. The highest BCUT2D eigenvalue weighted by molar-refractivity contribution is 7.80. The van der Waals surface area contributed by atoms with Gasteiger partial charge in [-0.1, -0.05) is 19.4 Å². The van der Waals surface area contributed by atoms with E-state index in [1.54, 1.807) is 14.0 Å². The van der Waals surface area contributed by atoms with Crippen molar-refractivity contribution < 1.29 is 19.0 Å². The molecule has 2 N–H and O–H groups in total. The molecule has 0 radical (unpaired) electrons. The van der Waals surface area contributed by atoms with Crippen LogP contribution in [0.25, 0.3) is 0 Å². The number of thiocarbonyl (C=S) groups is 1. The van der Waals surface area contributed by atoms with E-state index in [2.05, 4.69) is 17.6 Å². The lowest BCUT2D eigenvalue weighted by atomic mass is 9.93. The molecule has 0 unspecified atom stereocenters. The van der Waals surface area contributed by atoms with Crippen LogP contribution in [0, 0.1) is 0 Å². The zero-order valence-corrected chi connectivity index (χ0v) is 18.2. The second-order valence-electron chi connectivity index (χ2n) is 7.33. The minimum absolute atomic E-state index is 0.241. The summed E-state index contributed by atoms with van der Waals surface area (Å²) in [6.07, 6.45) is 6.40. The summed E-state index contributed by atoms with van der Waals surface area (Å²) in [6.45, 7) is 4.19. The Labute approximate surface area is 178 Å². The van der Waals surface area contributed by atoms with Crippen LogP contribution in [0.2, 0.25) is 0 Å². The molecule has 0 amide bonds. The Kier molecular flexibility index (Phi) is 7.36. The van der Waals surface area contributed by atoms with Crippen LogP contribution in [-0.4, -0.2) is 30.9 Å². The lowest BCUT2D eigenvalue weighted by Crippen LogP contribution is -2.45. The van der Waals surface area contributed by atoms with Crippen molar-refractivity contribution in [2.45, 2.75) is 64.5 Å². The fraction of sp³-hybridized carbons (Fsp3) is 0.545. The quantitative estimate of drug-likeness (QED) is 0.485. The van der Waals surface area contributed by atoms with E-state index in [4.69, 9.17) is 26.4 Å². The van der Waals surface area contributed by atoms with Gasteiger partial charge in [0.1, 0.15) is 0 Å². The number of rotatable bonds is 8. The Morgan fingerprint density at radius 2 is 1.97 bits per heavy atom. The zero-order chi connectivity index (χ0) is 20.8. The Balaban J connectivity index is 1.95. The molecular weight excluding hydrogens is 388 g/mol. The molecule has 2 aliphatic rings. The van der Waals surface area contributed by atoms with E-state index in [0.717, 1.165) is 36.3 Å². The number of methoxy groups -OCH3 is 1. The van der Waals surface area contributed by atoms with Crippen LogP contribution in [0.3, 0.4) is 0 Å². The number of carbonyl (C=O) groups is 1. The first-order chi connectivity index (χ1) is 14.1. The summed E-state index contributed by atoms with van der Waals surface area (Å²) in [5.74, 6) is 1.05. The third kappa shape index (κ3) is 5.01. The minimum Gasteiger partial charge on any atom is -0.493 e. The van der Waals surface area contributed by atoms with Gasteiger partial charge in [0.05, 0.1) is 31.4 Å². The van der Waals surface area contributed by atoms with Gasteiger partial charge in [0.2, 0.25) is 0 Å². The summed E-state index contributed by atoms with van der Waals surface area (Å²) in [5.41, 5.74) is 2.25. The fourth-order valence-corrected chi connectivity index (χ4v) is 4.15. The lowest BCUT2D eigenvalue weighted by molar-refractivity contribution is -0.139. The highest BCUT2D eigenvalue weighted by Crippen LogP contribution is 2.37. The standard InChI is InChI=1S/C22H30N2O4S/c1-4-8-16-19(21(25)27-5-2)20(24-22(29)23-16)14-11-12-17(18(13-14)26-3)28-15-9-6-7-10-15/h11-13,15,20H,4-10H2,1-3H3,(H2,23,24,29)/t20-/m1/s1. The Bertz CT molecular complexity index is 787. The van der Waals surface area contributed by atoms with E-state index < -0.39 is 6.04 Å². The largest absolute Gasteiger partial charge is 0.493 e. The van der Waals surface area contributed by atoms with Crippen molar-refractivity contribution in [3.63, 3.8) is 0 Å². The molecule has 6 nitrogen and oxygen atoms in total.